The van der Waals surface area contributed by atoms with Crippen molar-refractivity contribution >= 4 is 51.8 Å². The van der Waals surface area contributed by atoms with Gasteiger partial charge >= 0.3 is 5.97 Å². The van der Waals surface area contributed by atoms with Gasteiger partial charge in [-0.25, -0.2) is 9.78 Å². The first-order valence-electron chi connectivity index (χ1n) is 11.1. The minimum atomic E-state index is -1.08. The number of likely N-dealkylation sites (N-methyl/N-ethyl adjacent to an activating group) is 1. The average molecular weight is 496 g/mol. The number of nitrogens with one attached hydrogen (secondary N) is 1. The number of halogens is 1. The largest absolute Gasteiger partial charge is 0.478 e. The van der Waals surface area contributed by atoms with Crippen LogP contribution in [0.4, 0.5) is 11.5 Å². The van der Waals surface area contributed by atoms with Crippen LogP contribution >= 0.6 is 11.6 Å². The highest BCUT2D eigenvalue weighted by atomic mass is 35.5. The maximum absolute atomic E-state index is 12.6. The number of hydrogen-bond donors (Lipinski definition) is 2. The molecule has 1 aliphatic rings. The zero-order valence-corrected chi connectivity index (χ0v) is 20.2. The highest BCUT2D eigenvalue weighted by Crippen LogP contribution is 2.27. The predicted octanol–water partition coefficient (Wildman–Crippen LogP) is 3.05. The smallest absolute Gasteiger partial charge is 0.336 e. The SMILES string of the molecule is CN(C)C(=O)CN1CCN(c2cc(C(=O)O)c3cc(NC(=O)c4ccccc4Cl)ccc3n2)CC1. The number of nitrogens with zero attached hydrogens (tertiary/aromatic N) is 4. The number of aromatic nitrogens is 1. The van der Waals surface area contributed by atoms with Gasteiger partial charge in [0.1, 0.15) is 5.82 Å². The first-order chi connectivity index (χ1) is 16.7. The van der Waals surface area contributed by atoms with Crippen molar-refractivity contribution in [2.24, 2.45) is 0 Å². The van der Waals surface area contributed by atoms with Crippen molar-refractivity contribution in [3.8, 4) is 0 Å². The lowest BCUT2D eigenvalue weighted by Gasteiger charge is -2.35. The van der Waals surface area contributed by atoms with Gasteiger partial charge in [-0.15, -0.1) is 0 Å². The number of hydrogen-bond acceptors (Lipinski definition) is 6. The summed E-state index contributed by atoms with van der Waals surface area (Å²) in [7, 11) is 3.47. The molecule has 0 atom stereocenters. The summed E-state index contributed by atoms with van der Waals surface area (Å²) in [5.74, 6) is -0.848. The Morgan fingerprint density at radius 3 is 2.40 bits per heavy atom. The van der Waals surface area contributed by atoms with E-state index in [2.05, 4.69) is 15.2 Å². The number of anilines is 2. The van der Waals surface area contributed by atoms with Crippen LogP contribution in [0.3, 0.4) is 0 Å². The maximum atomic E-state index is 12.6. The molecule has 0 bridgehead atoms. The molecule has 0 spiro atoms. The van der Waals surface area contributed by atoms with Crippen LogP contribution in [0.1, 0.15) is 20.7 Å². The first-order valence-corrected chi connectivity index (χ1v) is 11.5. The van der Waals surface area contributed by atoms with Crippen molar-refractivity contribution < 1.29 is 19.5 Å². The predicted molar refractivity (Wildman–Crippen MR) is 135 cm³/mol. The number of carboxylic acid groups (broad SMARTS) is 1. The Morgan fingerprint density at radius 1 is 1.03 bits per heavy atom. The highest BCUT2D eigenvalue weighted by Gasteiger charge is 2.23. The molecule has 10 heteroatoms. The number of carbonyl (C=O) groups excluding carboxylic acids is 2. The summed E-state index contributed by atoms with van der Waals surface area (Å²) >= 11 is 6.11. The molecule has 2 heterocycles. The Hall–Kier alpha value is -3.69. The summed E-state index contributed by atoms with van der Waals surface area (Å²) in [6, 6.07) is 13.2. The number of rotatable bonds is 6. The van der Waals surface area contributed by atoms with E-state index in [1.807, 2.05) is 4.90 Å². The highest BCUT2D eigenvalue weighted by molar-refractivity contribution is 6.34. The van der Waals surface area contributed by atoms with Gasteiger partial charge in [-0.2, -0.15) is 0 Å². The second-order valence-corrected chi connectivity index (χ2v) is 8.96. The monoisotopic (exact) mass is 495 g/mol. The molecular weight excluding hydrogens is 470 g/mol. The molecule has 3 aromatic rings. The van der Waals surface area contributed by atoms with Crippen molar-refractivity contribution in [3.63, 3.8) is 0 Å². The third-order valence-electron chi connectivity index (χ3n) is 5.96. The summed E-state index contributed by atoms with van der Waals surface area (Å²) in [6.07, 6.45) is 0. The summed E-state index contributed by atoms with van der Waals surface area (Å²) < 4.78 is 0. The summed E-state index contributed by atoms with van der Waals surface area (Å²) in [5, 5.41) is 13.4. The quantitative estimate of drug-likeness (QED) is 0.541. The molecule has 1 saturated heterocycles. The van der Waals surface area contributed by atoms with Crippen molar-refractivity contribution in [1.82, 2.24) is 14.8 Å². The van der Waals surface area contributed by atoms with Gasteiger partial charge in [0.05, 0.1) is 28.2 Å². The van der Waals surface area contributed by atoms with Crippen molar-refractivity contribution in [3.05, 3.63) is 64.7 Å². The van der Waals surface area contributed by atoms with Crippen LogP contribution in [-0.2, 0) is 4.79 Å². The molecular formula is C25H26ClN5O4. The fraction of sp³-hybridized carbons (Fsp3) is 0.280. The fourth-order valence-corrected chi connectivity index (χ4v) is 4.16. The second-order valence-electron chi connectivity index (χ2n) is 8.55. The van der Waals surface area contributed by atoms with Crippen LogP contribution in [0.15, 0.2) is 48.5 Å². The third-order valence-corrected chi connectivity index (χ3v) is 6.29. The van der Waals surface area contributed by atoms with Gasteiger partial charge in [-0.05, 0) is 36.4 Å². The molecule has 9 nitrogen and oxygen atoms in total. The normalized spacial score (nSPS) is 14.1. The van der Waals surface area contributed by atoms with Crippen molar-refractivity contribution in [2.45, 2.75) is 0 Å². The second kappa shape index (κ2) is 10.3. The molecule has 4 rings (SSSR count). The van der Waals surface area contributed by atoms with E-state index in [-0.39, 0.29) is 17.4 Å². The molecule has 0 radical (unpaired) electrons. The molecule has 2 N–H and O–H groups in total. The van der Waals surface area contributed by atoms with Gasteiger partial charge in [-0.3, -0.25) is 14.5 Å². The summed E-state index contributed by atoms with van der Waals surface area (Å²) in [6.45, 7) is 2.97. The minimum absolute atomic E-state index is 0.0490. The molecule has 0 aliphatic carbocycles. The van der Waals surface area contributed by atoms with E-state index in [1.165, 1.54) is 0 Å². The van der Waals surface area contributed by atoms with E-state index in [0.29, 0.717) is 65.7 Å². The van der Waals surface area contributed by atoms with E-state index in [1.54, 1.807) is 67.5 Å². The number of fused-ring (bicyclic) bond motifs is 1. The number of carboxylic acids is 1. The van der Waals surface area contributed by atoms with Gasteiger partial charge in [0.2, 0.25) is 5.91 Å². The van der Waals surface area contributed by atoms with E-state index in [0.717, 1.165) is 0 Å². The Labute approximate surface area is 207 Å². The first kappa shape index (κ1) is 24.4. The van der Waals surface area contributed by atoms with Crippen LogP contribution in [0.2, 0.25) is 5.02 Å². The zero-order chi connectivity index (χ0) is 25.1. The molecule has 2 aromatic carbocycles. The Morgan fingerprint density at radius 2 is 1.74 bits per heavy atom. The number of aromatic carboxylic acids is 1. The van der Waals surface area contributed by atoms with Crippen molar-refractivity contribution in [1.29, 1.82) is 0 Å². The fourth-order valence-electron chi connectivity index (χ4n) is 3.94. The number of carbonyl (C=O) groups is 3. The van der Waals surface area contributed by atoms with Gasteiger partial charge in [0.25, 0.3) is 5.91 Å². The number of piperazine rings is 1. The molecule has 0 unspecified atom stereocenters. The summed E-state index contributed by atoms with van der Waals surface area (Å²) in [5.41, 5.74) is 1.39. The number of pyridine rings is 1. The van der Waals surface area contributed by atoms with E-state index >= 15 is 0 Å². The van der Waals surface area contributed by atoms with Gasteiger partial charge in [0.15, 0.2) is 0 Å². The number of benzene rings is 2. The Bertz CT molecular complexity index is 1290. The average Bonchev–Trinajstić information content (AvgIpc) is 2.84. The topological polar surface area (TPSA) is 106 Å². The molecule has 0 saturated carbocycles. The van der Waals surface area contributed by atoms with Gasteiger partial charge < -0.3 is 20.2 Å². The lowest BCUT2D eigenvalue weighted by Crippen LogP contribution is -2.49. The minimum Gasteiger partial charge on any atom is -0.478 e. The van der Waals surface area contributed by atoms with Crippen molar-refractivity contribution in [2.75, 3.05) is 57.0 Å². The molecule has 2 amide bonds. The van der Waals surface area contributed by atoms with E-state index in [9.17, 15) is 19.5 Å². The lowest BCUT2D eigenvalue weighted by atomic mass is 10.1. The zero-order valence-electron chi connectivity index (χ0n) is 19.5. The van der Waals surface area contributed by atoms with Gasteiger partial charge in [-0.1, -0.05) is 23.7 Å². The van der Waals surface area contributed by atoms with E-state index < -0.39 is 5.97 Å². The van der Waals surface area contributed by atoms with Crippen LogP contribution in [0, 0.1) is 0 Å². The standard InChI is InChI=1S/C25H26ClN5O4/c1-29(2)23(32)15-30-9-11-31(12-10-30)22-14-19(25(34)35)18-13-16(7-8-21(18)28-22)27-24(33)17-5-3-4-6-20(17)26/h3-8,13-14H,9-12,15H2,1-2H3,(H,27,33)(H,34,35). The third kappa shape index (κ3) is 5.52. The maximum Gasteiger partial charge on any atom is 0.336 e. The van der Waals surface area contributed by atoms with Crippen LogP contribution in [0.25, 0.3) is 10.9 Å². The van der Waals surface area contributed by atoms with Gasteiger partial charge in [0, 0.05) is 51.3 Å². The Balaban J connectivity index is 1.55. The summed E-state index contributed by atoms with van der Waals surface area (Å²) in [4.78, 5) is 47.0. The Kier molecular flexibility index (Phi) is 7.18. The van der Waals surface area contributed by atoms with Crippen LogP contribution in [0.5, 0.6) is 0 Å². The molecule has 1 aromatic heterocycles. The molecule has 1 fully saturated rings. The molecule has 1 aliphatic heterocycles. The number of amides is 2. The van der Waals surface area contributed by atoms with Crippen LogP contribution in [-0.4, -0.2) is 84.5 Å². The van der Waals surface area contributed by atoms with E-state index in [4.69, 9.17) is 11.6 Å². The lowest BCUT2D eigenvalue weighted by molar-refractivity contribution is -0.129. The molecule has 35 heavy (non-hydrogen) atoms. The molecule has 182 valence electrons. The van der Waals surface area contributed by atoms with Crippen LogP contribution < -0.4 is 10.2 Å².